The molecule has 1 amide bonds. The van der Waals surface area contributed by atoms with Crippen molar-refractivity contribution in [2.45, 2.75) is 64.1 Å². The molecule has 7 heteroatoms. The van der Waals surface area contributed by atoms with Crippen molar-refractivity contribution < 1.29 is 4.79 Å². The van der Waals surface area contributed by atoms with E-state index in [1.807, 2.05) is 20.1 Å². The van der Waals surface area contributed by atoms with Crippen molar-refractivity contribution in [1.29, 1.82) is 0 Å². The Bertz CT molecular complexity index is 848. The number of aryl methyl sites for hydroxylation is 2. The normalized spacial score (nSPS) is 25.8. The van der Waals surface area contributed by atoms with Crippen LogP contribution in [0.4, 0.5) is 0 Å². The molecule has 4 rings (SSSR count). The number of fused-ring (bicyclic) bond motifs is 3. The predicted molar refractivity (Wildman–Crippen MR) is 102 cm³/mol. The Morgan fingerprint density at radius 3 is 2.77 bits per heavy atom. The summed E-state index contributed by atoms with van der Waals surface area (Å²) in [5, 5.41) is 8.42. The third kappa shape index (κ3) is 3.10. The summed E-state index contributed by atoms with van der Waals surface area (Å²) in [5.74, 6) is 3.05. The SMILES string of the molecule is CSc1nc2nc(C)c(CC(=O)N[C@@H](C)[C@H]3C[C@H]4CC[C@H]3C4)c(C)n2n1. The Morgan fingerprint density at radius 1 is 1.31 bits per heavy atom. The molecule has 0 aromatic carbocycles. The lowest BCUT2D eigenvalue weighted by Gasteiger charge is -2.28. The van der Waals surface area contributed by atoms with E-state index >= 15 is 0 Å². The van der Waals surface area contributed by atoms with E-state index in [1.165, 1.54) is 37.4 Å². The zero-order valence-corrected chi connectivity index (χ0v) is 16.8. The van der Waals surface area contributed by atoms with Crippen LogP contribution >= 0.6 is 11.8 Å². The van der Waals surface area contributed by atoms with Gasteiger partial charge in [-0.2, -0.15) is 4.98 Å². The van der Waals surface area contributed by atoms with Gasteiger partial charge in [-0.3, -0.25) is 4.79 Å². The van der Waals surface area contributed by atoms with Gasteiger partial charge in [0.1, 0.15) is 0 Å². The van der Waals surface area contributed by atoms with E-state index in [4.69, 9.17) is 0 Å². The fourth-order valence-electron chi connectivity index (χ4n) is 5.01. The number of rotatable bonds is 5. The summed E-state index contributed by atoms with van der Waals surface area (Å²) in [4.78, 5) is 21.6. The lowest BCUT2D eigenvalue weighted by Crippen LogP contribution is -2.41. The highest BCUT2D eigenvalue weighted by Crippen LogP contribution is 2.49. The molecule has 2 aliphatic carbocycles. The molecule has 0 unspecified atom stereocenters. The van der Waals surface area contributed by atoms with Crippen LogP contribution < -0.4 is 5.32 Å². The minimum Gasteiger partial charge on any atom is -0.353 e. The molecule has 4 atom stereocenters. The van der Waals surface area contributed by atoms with Crippen LogP contribution in [0.5, 0.6) is 0 Å². The summed E-state index contributed by atoms with van der Waals surface area (Å²) >= 11 is 1.49. The second-order valence-electron chi connectivity index (χ2n) is 7.94. The van der Waals surface area contributed by atoms with Gasteiger partial charge in [-0.15, -0.1) is 5.10 Å². The first-order valence-corrected chi connectivity index (χ1v) is 10.7. The Balaban J connectivity index is 1.48. The van der Waals surface area contributed by atoms with Crippen LogP contribution in [0, 0.1) is 31.6 Å². The van der Waals surface area contributed by atoms with Gasteiger partial charge in [-0.05, 0) is 64.0 Å². The number of aromatic nitrogens is 4. The number of hydrogen-bond donors (Lipinski definition) is 1. The summed E-state index contributed by atoms with van der Waals surface area (Å²) in [6, 6.07) is 0.254. The van der Waals surface area contributed by atoms with Crippen molar-refractivity contribution in [3.05, 3.63) is 17.0 Å². The Hall–Kier alpha value is -1.63. The van der Waals surface area contributed by atoms with Crippen LogP contribution in [0.3, 0.4) is 0 Å². The molecule has 26 heavy (non-hydrogen) atoms. The van der Waals surface area contributed by atoms with Gasteiger partial charge in [0, 0.05) is 23.0 Å². The zero-order chi connectivity index (χ0) is 18.4. The van der Waals surface area contributed by atoms with Gasteiger partial charge in [0.15, 0.2) is 0 Å². The smallest absolute Gasteiger partial charge is 0.253 e. The van der Waals surface area contributed by atoms with Gasteiger partial charge in [-0.1, -0.05) is 18.2 Å². The first-order chi connectivity index (χ1) is 12.5. The van der Waals surface area contributed by atoms with E-state index in [0.29, 0.717) is 23.3 Å². The molecule has 2 heterocycles. The van der Waals surface area contributed by atoms with Crippen LogP contribution in [0.2, 0.25) is 0 Å². The van der Waals surface area contributed by atoms with Gasteiger partial charge >= 0.3 is 0 Å². The standard InChI is InChI=1S/C19H27N5OS/c1-10-15(12(3)24-18(21-10)22-19(23-24)26-4)9-17(25)20-11(2)16-8-13-5-6-14(16)7-13/h11,13-14,16H,5-9H2,1-4H3,(H,20,25)/t11-,13-,14-,16+/m0/s1. The van der Waals surface area contributed by atoms with Crippen molar-refractivity contribution >= 4 is 23.4 Å². The maximum absolute atomic E-state index is 12.7. The van der Waals surface area contributed by atoms with E-state index in [9.17, 15) is 4.79 Å². The number of thioether (sulfide) groups is 1. The third-order valence-electron chi connectivity index (χ3n) is 6.37. The predicted octanol–water partition coefficient (Wildman–Crippen LogP) is 2.95. The molecule has 140 valence electrons. The topological polar surface area (TPSA) is 72.2 Å². The molecule has 2 aliphatic rings. The molecule has 2 aromatic heterocycles. The van der Waals surface area contributed by atoms with Crippen molar-refractivity contribution in [2.24, 2.45) is 17.8 Å². The molecule has 6 nitrogen and oxygen atoms in total. The van der Waals surface area contributed by atoms with Gasteiger partial charge in [-0.25, -0.2) is 9.50 Å². The maximum atomic E-state index is 12.7. The summed E-state index contributed by atoms with van der Waals surface area (Å²) in [7, 11) is 0. The molecule has 1 N–H and O–H groups in total. The fraction of sp³-hybridized carbons (Fsp3) is 0.684. The van der Waals surface area contributed by atoms with Crippen molar-refractivity contribution in [3.8, 4) is 0 Å². The molecule has 2 aromatic rings. The summed E-state index contributed by atoms with van der Waals surface area (Å²) in [5.41, 5.74) is 2.76. The lowest BCUT2D eigenvalue weighted by atomic mass is 9.84. The van der Waals surface area contributed by atoms with Gasteiger partial charge in [0.2, 0.25) is 11.1 Å². The van der Waals surface area contributed by atoms with Crippen molar-refractivity contribution in [2.75, 3.05) is 6.26 Å². The van der Waals surface area contributed by atoms with E-state index in [1.54, 1.807) is 4.52 Å². The molecule has 0 spiro atoms. The second kappa shape index (κ2) is 6.83. The van der Waals surface area contributed by atoms with Crippen LogP contribution in [0.1, 0.15) is 49.6 Å². The Labute approximate surface area is 158 Å². The number of nitrogens with zero attached hydrogens (tertiary/aromatic N) is 4. The monoisotopic (exact) mass is 373 g/mol. The van der Waals surface area contributed by atoms with Crippen molar-refractivity contribution in [3.63, 3.8) is 0 Å². The number of carbonyl (C=O) groups excluding carboxylic acids is 1. The number of nitrogens with one attached hydrogen (secondary N) is 1. The minimum atomic E-state index is 0.0813. The van der Waals surface area contributed by atoms with Crippen LogP contribution in [-0.2, 0) is 11.2 Å². The van der Waals surface area contributed by atoms with E-state index in [-0.39, 0.29) is 11.9 Å². The van der Waals surface area contributed by atoms with Gasteiger partial charge in [0.05, 0.1) is 6.42 Å². The van der Waals surface area contributed by atoms with Crippen LogP contribution in [-0.4, -0.2) is 37.8 Å². The minimum absolute atomic E-state index is 0.0813. The summed E-state index contributed by atoms with van der Waals surface area (Å²) < 4.78 is 1.75. The number of carbonyl (C=O) groups is 1. The molecule has 2 bridgehead atoms. The summed E-state index contributed by atoms with van der Waals surface area (Å²) in [6.07, 6.45) is 7.69. The van der Waals surface area contributed by atoms with Crippen molar-refractivity contribution in [1.82, 2.24) is 24.9 Å². The largest absolute Gasteiger partial charge is 0.353 e. The number of hydrogen-bond acceptors (Lipinski definition) is 5. The molecular weight excluding hydrogens is 346 g/mol. The highest BCUT2D eigenvalue weighted by molar-refractivity contribution is 7.98. The summed E-state index contributed by atoms with van der Waals surface area (Å²) in [6.45, 7) is 6.11. The average Bonchev–Trinajstić information content (AvgIpc) is 3.33. The second-order valence-corrected chi connectivity index (χ2v) is 8.72. The Kier molecular flexibility index (Phi) is 4.67. The molecule has 0 radical (unpaired) electrons. The fourth-order valence-corrected chi connectivity index (χ4v) is 5.35. The molecule has 0 aliphatic heterocycles. The quantitative estimate of drug-likeness (QED) is 0.816. The maximum Gasteiger partial charge on any atom is 0.253 e. The molecular formula is C19H27N5OS. The van der Waals surface area contributed by atoms with Gasteiger partial charge < -0.3 is 5.32 Å². The average molecular weight is 374 g/mol. The van der Waals surface area contributed by atoms with E-state index in [2.05, 4.69) is 27.3 Å². The Morgan fingerprint density at radius 2 is 2.12 bits per heavy atom. The number of amides is 1. The highest BCUT2D eigenvalue weighted by Gasteiger charge is 2.42. The molecule has 2 fully saturated rings. The highest BCUT2D eigenvalue weighted by atomic mass is 32.2. The zero-order valence-electron chi connectivity index (χ0n) is 16.0. The van der Waals surface area contributed by atoms with Gasteiger partial charge in [0.25, 0.3) is 5.78 Å². The third-order valence-corrected chi connectivity index (χ3v) is 6.91. The molecule has 2 saturated carbocycles. The van der Waals surface area contributed by atoms with Crippen LogP contribution in [0.15, 0.2) is 5.16 Å². The van der Waals surface area contributed by atoms with Crippen LogP contribution in [0.25, 0.3) is 5.78 Å². The lowest BCUT2D eigenvalue weighted by molar-refractivity contribution is -0.121. The first kappa shape index (κ1) is 17.8. The molecule has 0 saturated heterocycles. The van der Waals surface area contributed by atoms with E-state index in [0.717, 1.165) is 28.8 Å². The van der Waals surface area contributed by atoms with E-state index < -0.39 is 0 Å². The first-order valence-electron chi connectivity index (χ1n) is 9.52.